The molecule has 0 spiro atoms. The molecule has 168 valence electrons. The second-order valence-electron chi connectivity index (χ2n) is 7.38. The maximum absolute atomic E-state index is 5.80. The SMILES string of the molecule is CCCCOc1ccc(C=NNC(=Nc2ccccc2)c2nc3ccccc3[nH]2)cc1OC. The first-order valence-electron chi connectivity index (χ1n) is 11.0. The van der Waals surface area contributed by atoms with Gasteiger partial charge in [-0.25, -0.2) is 9.98 Å². The minimum atomic E-state index is 0.514. The Hall–Kier alpha value is -4.13. The summed E-state index contributed by atoms with van der Waals surface area (Å²) in [6, 6.07) is 23.3. The Morgan fingerprint density at radius 1 is 1.03 bits per heavy atom. The zero-order chi connectivity index (χ0) is 22.9. The molecule has 4 rings (SSSR count). The van der Waals surface area contributed by atoms with Gasteiger partial charge >= 0.3 is 0 Å². The van der Waals surface area contributed by atoms with Crippen LogP contribution in [0.25, 0.3) is 11.0 Å². The second-order valence-corrected chi connectivity index (χ2v) is 7.38. The molecule has 0 aliphatic carbocycles. The van der Waals surface area contributed by atoms with Gasteiger partial charge in [-0.15, -0.1) is 0 Å². The van der Waals surface area contributed by atoms with Crippen molar-refractivity contribution in [1.82, 2.24) is 15.4 Å². The van der Waals surface area contributed by atoms with Crippen LogP contribution in [0.2, 0.25) is 0 Å². The summed E-state index contributed by atoms with van der Waals surface area (Å²) in [6.07, 6.45) is 3.79. The molecule has 0 atom stereocenters. The van der Waals surface area contributed by atoms with Crippen LogP contribution in [-0.4, -0.2) is 35.7 Å². The number of amidine groups is 1. The van der Waals surface area contributed by atoms with Gasteiger partial charge in [0.1, 0.15) is 0 Å². The van der Waals surface area contributed by atoms with E-state index in [-0.39, 0.29) is 0 Å². The number of fused-ring (bicyclic) bond motifs is 1. The van der Waals surface area contributed by atoms with Crippen LogP contribution in [0.1, 0.15) is 31.2 Å². The van der Waals surface area contributed by atoms with Crippen molar-refractivity contribution in [2.75, 3.05) is 13.7 Å². The molecule has 1 heterocycles. The molecule has 0 fully saturated rings. The first-order valence-corrected chi connectivity index (χ1v) is 11.0. The van der Waals surface area contributed by atoms with E-state index in [0.717, 1.165) is 40.9 Å². The number of nitrogens with zero attached hydrogens (tertiary/aromatic N) is 3. The molecule has 0 saturated heterocycles. The van der Waals surface area contributed by atoms with E-state index in [1.54, 1.807) is 13.3 Å². The van der Waals surface area contributed by atoms with Crippen LogP contribution in [0.5, 0.6) is 11.5 Å². The number of hydrogen-bond acceptors (Lipinski definition) is 5. The highest BCUT2D eigenvalue weighted by Crippen LogP contribution is 2.27. The van der Waals surface area contributed by atoms with Crippen molar-refractivity contribution in [3.63, 3.8) is 0 Å². The normalized spacial score (nSPS) is 11.8. The third-order valence-corrected chi connectivity index (χ3v) is 4.94. The van der Waals surface area contributed by atoms with Crippen LogP contribution < -0.4 is 14.9 Å². The van der Waals surface area contributed by atoms with Crippen LogP contribution in [0.4, 0.5) is 5.69 Å². The van der Waals surface area contributed by atoms with E-state index >= 15 is 0 Å². The van der Waals surface area contributed by atoms with E-state index in [0.29, 0.717) is 24.0 Å². The topological polar surface area (TPSA) is 83.9 Å². The van der Waals surface area contributed by atoms with Gasteiger partial charge < -0.3 is 14.5 Å². The molecule has 3 aromatic carbocycles. The number of hydrogen-bond donors (Lipinski definition) is 2. The van der Waals surface area contributed by atoms with Gasteiger partial charge in [0.2, 0.25) is 0 Å². The predicted octanol–water partition coefficient (Wildman–Crippen LogP) is 5.45. The van der Waals surface area contributed by atoms with Crippen molar-refractivity contribution in [2.45, 2.75) is 19.8 Å². The number of H-pyrrole nitrogens is 1. The van der Waals surface area contributed by atoms with E-state index in [9.17, 15) is 0 Å². The largest absolute Gasteiger partial charge is 0.493 e. The molecule has 0 bridgehead atoms. The van der Waals surface area contributed by atoms with Crippen molar-refractivity contribution >= 4 is 28.8 Å². The number of rotatable bonds is 9. The van der Waals surface area contributed by atoms with E-state index in [1.165, 1.54) is 0 Å². The van der Waals surface area contributed by atoms with Crippen LogP contribution in [0, 0.1) is 0 Å². The summed E-state index contributed by atoms with van der Waals surface area (Å²) in [7, 11) is 1.63. The third kappa shape index (κ3) is 5.77. The Balaban J connectivity index is 1.56. The molecule has 1 aromatic heterocycles. The van der Waals surface area contributed by atoms with E-state index in [4.69, 9.17) is 14.5 Å². The summed E-state index contributed by atoms with van der Waals surface area (Å²) < 4.78 is 11.3. The summed E-state index contributed by atoms with van der Waals surface area (Å²) in [5.74, 6) is 2.52. The highest BCUT2D eigenvalue weighted by molar-refractivity contribution is 6.00. The highest BCUT2D eigenvalue weighted by Gasteiger charge is 2.10. The van der Waals surface area contributed by atoms with Gasteiger partial charge in [0.25, 0.3) is 0 Å². The quantitative estimate of drug-likeness (QED) is 0.156. The zero-order valence-electron chi connectivity index (χ0n) is 18.8. The third-order valence-electron chi connectivity index (χ3n) is 4.94. The molecule has 2 N–H and O–H groups in total. The molecule has 0 aliphatic rings. The molecular weight excluding hydrogens is 414 g/mol. The molecule has 0 saturated carbocycles. The Morgan fingerprint density at radius 2 is 1.85 bits per heavy atom. The highest BCUT2D eigenvalue weighted by atomic mass is 16.5. The molecule has 7 nitrogen and oxygen atoms in total. The lowest BCUT2D eigenvalue weighted by Crippen LogP contribution is -2.20. The van der Waals surface area contributed by atoms with Gasteiger partial charge in [0.05, 0.1) is 36.7 Å². The van der Waals surface area contributed by atoms with Crippen LogP contribution >= 0.6 is 0 Å². The molecule has 4 aromatic rings. The van der Waals surface area contributed by atoms with Gasteiger partial charge in [0, 0.05) is 0 Å². The average Bonchev–Trinajstić information content (AvgIpc) is 3.29. The zero-order valence-corrected chi connectivity index (χ0v) is 18.8. The van der Waals surface area contributed by atoms with Gasteiger partial charge in [-0.1, -0.05) is 43.7 Å². The number of hydrazone groups is 1. The number of aromatic amines is 1. The number of para-hydroxylation sites is 3. The summed E-state index contributed by atoms with van der Waals surface area (Å²) in [5.41, 5.74) is 6.50. The molecule has 7 heteroatoms. The smallest absolute Gasteiger partial charge is 0.190 e. The van der Waals surface area contributed by atoms with Crippen molar-refractivity contribution in [2.24, 2.45) is 10.1 Å². The standard InChI is InChI=1S/C26H27N5O2/c1-3-4-16-33-23-15-14-19(17-24(23)32-2)18-27-31-26(28-20-10-6-5-7-11-20)25-29-21-12-8-9-13-22(21)30-25/h5-15,17-18H,3-4,16H2,1-2H3,(H,28,31)(H,29,30). The molecular formula is C26H27N5O2. The summed E-state index contributed by atoms with van der Waals surface area (Å²) in [5, 5.41) is 4.40. The fourth-order valence-corrected chi connectivity index (χ4v) is 3.21. The number of ether oxygens (including phenoxy) is 2. The fourth-order valence-electron chi connectivity index (χ4n) is 3.21. The second kappa shape index (κ2) is 10.9. The molecule has 0 unspecified atom stereocenters. The monoisotopic (exact) mass is 441 g/mol. The van der Waals surface area contributed by atoms with Crippen molar-refractivity contribution in [3.8, 4) is 11.5 Å². The van der Waals surface area contributed by atoms with E-state index in [2.05, 4.69) is 27.4 Å². The Kier molecular flexibility index (Phi) is 7.33. The number of imidazole rings is 1. The molecule has 0 amide bonds. The molecule has 0 radical (unpaired) electrons. The van der Waals surface area contributed by atoms with E-state index in [1.807, 2.05) is 72.8 Å². The van der Waals surface area contributed by atoms with Crippen molar-refractivity contribution in [1.29, 1.82) is 0 Å². The number of benzene rings is 3. The summed E-state index contributed by atoms with van der Waals surface area (Å²) >= 11 is 0. The predicted molar refractivity (Wildman–Crippen MR) is 133 cm³/mol. The number of methoxy groups -OCH3 is 1. The minimum Gasteiger partial charge on any atom is -0.493 e. The van der Waals surface area contributed by atoms with Gasteiger partial charge in [-0.05, 0) is 54.4 Å². The lowest BCUT2D eigenvalue weighted by molar-refractivity contribution is 0.288. The Morgan fingerprint density at radius 3 is 2.64 bits per heavy atom. The fraction of sp³-hybridized carbons (Fsp3) is 0.192. The van der Waals surface area contributed by atoms with Crippen LogP contribution in [0.3, 0.4) is 0 Å². The summed E-state index contributed by atoms with van der Waals surface area (Å²) in [4.78, 5) is 12.6. The molecule has 33 heavy (non-hydrogen) atoms. The number of unbranched alkanes of at least 4 members (excludes halogenated alkanes) is 1. The Bertz CT molecular complexity index is 1220. The molecule has 0 aliphatic heterocycles. The first-order chi connectivity index (χ1) is 16.3. The maximum atomic E-state index is 5.80. The number of aliphatic imine (C=N–C) groups is 1. The maximum Gasteiger partial charge on any atom is 0.190 e. The number of nitrogens with one attached hydrogen (secondary N) is 2. The van der Waals surface area contributed by atoms with Gasteiger partial charge in [-0.3, -0.25) is 5.43 Å². The van der Waals surface area contributed by atoms with E-state index < -0.39 is 0 Å². The minimum absolute atomic E-state index is 0.514. The first kappa shape index (κ1) is 22.1. The van der Waals surface area contributed by atoms with Gasteiger partial charge in [-0.2, -0.15) is 5.10 Å². The Labute approximate surface area is 193 Å². The van der Waals surface area contributed by atoms with Gasteiger partial charge in [0.15, 0.2) is 23.2 Å². The summed E-state index contributed by atoms with van der Waals surface area (Å²) in [6.45, 7) is 2.80. The van der Waals surface area contributed by atoms with Crippen molar-refractivity contribution < 1.29 is 9.47 Å². The van der Waals surface area contributed by atoms with Crippen molar-refractivity contribution in [3.05, 3.63) is 84.2 Å². The average molecular weight is 442 g/mol. The lowest BCUT2D eigenvalue weighted by atomic mass is 10.2. The van der Waals surface area contributed by atoms with Crippen LogP contribution in [-0.2, 0) is 0 Å². The lowest BCUT2D eigenvalue weighted by Gasteiger charge is -2.10. The number of aromatic nitrogens is 2. The van der Waals surface area contributed by atoms with Crippen LogP contribution in [0.15, 0.2) is 82.9 Å².